The van der Waals surface area contributed by atoms with Crippen LogP contribution in [-0.2, 0) is 35.2 Å². The molecule has 2 aromatic rings. The number of primary amides is 1. The van der Waals surface area contributed by atoms with Gasteiger partial charge in [0.05, 0.1) is 18.9 Å². The summed E-state index contributed by atoms with van der Waals surface area (Å²) in [5.41, 5.74) is 12.2. The van der Waals surface area contributed by atoms with Crippen molar-refractivity contribution >= 4 is 58.2 Å². The van der Waals surface area contributed by atoms with E-state index in [1.807, 2.05) is 12.1 Å². The number of benzene rings is 1. The minimum atomic E-state index is -1.54. The van der Waals surface area contributed by atoms with Gasteiger partial charge in [-0.2, -0.15) is 11.8 Å². The van der Waals surface area contributed by atoms with E-state index in [1.165, 1.54) is 11.8 Å². The zero-order valence-corrected chi connectivity index (χ0v) is 22.0. The fraction of sp³-hybridized carbons (Fsp3) is 0.417. The Morgan fingerprint density at radius 2 is 1.54 bits per heavy atom. The molecule has 0 radical (unpaired) electrons. The minimum absolute atomic E-state index is 0.0871. The number of aromatic nitrogens is 1. The van der Waals surface area contributed by atoms with Crippen LogP contribution in [0.3, 0.4) is 0 Å². The van der Waals surface area contributed by atoms with E-state index in [9.17, 15) is 33.9 Å². The van der Waals surface area contributed by atoms with Crippen LogP contribution in [0.25, 0.3) is 10.9 Å². The molecule has 0 saturated carbocycles. The number of H-pyrrole nitrogens is 1. The van der Waals surface area contributed by atoms with Gasteiger partial charge in [-0.1, -0.05) is 18.2 Å². The smallest absolute Gasteiger partial charge is 0.326 e. The number of rotatable bonds is 16. The summed E-state index contributed by atoms with van der Waals surface area (Å²) in [5, 5.41) is 26.4. The number of carbonyl (C=O) groups is 6. The topological polar surface area (TPSA) is 247 Å². The molecule has 1 heterocycles. The van der Waals surface area contributed by atoms with Crippen molar-refractivity contribution in [2.45, 2.75) is 49.9 Å². The molecule has 0 fully saturated rings. The highest BCUT2D eigenvalue weighted by molar-refractivity contribution is 7.98. The molecule has 0 aliphatic rings. The van der Waals surface area contributed by atoms with Gasteiger partial charge in [0.15, 0.2) is 0 Å². The summed E-state index contributed by atoms with van der Waals surface area (Å²) < 4.78 is 0. The number of thioether (sulfide) groups is 1. The van der Waals surface area contributed by atoms with Gasteiger partial charge in [0.2, 0.25) is 23.6 Å². The fourth-order valence-corrected chi connectivity index (χ4v) is 4.21. The Balaban J connectivity index is 2.17. The highest BCUT2D eigenvalue weighted by Gasteiger charge is 2.31. The summed E-state index contributed by atoms with van der Waals surface area (Å²) in [7, 11) is 0. The van der Waals surface area contributed by atoms with E-state index in [-0.39, 0.29) is 12.8 Å². The zero-order valence-electron chi connectivity index (χ0n) is 21.1. The van der Waals surface area contributed by atoms with Crippen LogP contribution >= 0.6 is 11.8 Å². The van der Waals surface area contributed by atoms with Gasteiger partial charge in [0.1, 0.15) is 18.1 Å². The molecule has 39 heavy (non-hydrogen) atoms. The van der Waals surface area contributed by atoms with Crippen LogP contribution < -0.4 is 27.4 Å². The van der Waals surface area contributed by atoms with Gasteiger partial charge >= 0.3 is 11.9 Å². The van der Waals surface area contributed by atoms with Crippen molar-refractivity contribution in [1.29, 1.82) is 0 Å². The van der Waals surface area contributed by atoms with Crippen LogP contribution in [0.1, 0.15) is 24.8 Å². The Morgan fingerprint density at radius 1 is 0.923 bits per heavy atom. The van der Waals surface area contributed by atoms with Crippen LogP contribution in [0.15, 0.2) is 30.5 Å². The van der Waals surface area contributed by atoms with Gasteiger partial charge in [-0.15, -0.1) is 0 Å². The number of nitrogens with one attached hydrogen (secondary N) is 4. The van der Waals surface area contributed by atoms with Crippen molar-refractivity contribution < 1.29 is 39.0 Å². The Morgan fingerprint density at radius 3 is 2.15 bits per heavy atom. The largest absolute Gasteiger partial charge is 0.481 e. The second-order valence-electron chi connectivity index (χ2n) is 8.74. The number of aliphatic carboxylic acids is 2. The summed E-state index contributed by atoms with van der Waals surface area (Å²) in [5.74, 6) is -5.88. The Kier molecular flexibility index (Phi) is 11.7. The molecular formula is C24H32N6O8S. The second-order valence-corrected chi connectivity index (χ2v) is 9.73. The number of aromatic amines is 1. The maximum absolute atomic E-state index is 13.0. The molecule has 0 aliphatic carbocycles. The number of carbonyl (C=O) groups excluding carboxylic acids is 4. The number of carboxylic acid groups (broad SMARTS) is 2. The molecule has 10 N–H and O–H groups in total. The molecule has 14 nitrogen and oxygen atoms in total. The number of para-hydroxylation sites is 1. The number of amides is 4. The van der Waals surface area contributed by atoms with E-state index < -0.39 is 72.6 Å². The summed E-state index contributed by atoms with van der Waals surface area (Å²) in [6.45, 7) is 0. The van der Waals surface area contributed by atoms with Crippen LogP contribution in [0.4, 0.5) is 0 Å². The minimum Gasteiger partial charge on any atom is -0.481 e. The molecule has 1 aromatic heterocycles. The van der Waals surface area contributed by atoms with Crippen molar-refractivity contribution in [3.05, 3.63) is 36.0 Å². The average Bonchev–Trinajstić information content (AvgIpc) is 3.27. The Labute approximate surface area is 227 Å². The van der Waals surface area contributed by atoms with E-state index in [0.717, 1.165) is 10.9 Å². The predicted molar refractivity (Wildman–Crippen MR) is 142 cm³/mol. The van der Waals surface area contributed by atoms with Crippen LogP contribution in [0.5, 0.6) is 0 Å². The molecule has 212 valence electrons. The predicted octanol–water partition coefficient (Wildman–Crippen LogP) is -1.32. The number of hydrogen-bond acceptors (Lipinski definition) is 8. The molecule has 4 unspecified atom stereocenters. The molecule has 0 spiro atoms. The molecule has 4 atom stereocenters. The monoisotopic (exact) mass is 564 g/mol. The normalized spacial score (nSPS) is 14.0. The quantitative estimate of drug-likeness (QED) is 0.119. The summed E-state index contributed by atoms with van der Waals surface area (Å²) in [4.78, 5) is 75.8. The zero-order chi connectivity index (χ0) is 29.1. The van der Waals surface area contributed by atoms with Gasteiger partial charge in [0, 0.05) is 23.5 Å². The van der Waals surface area contributed by atoms with E-state index >= 15 is 0 Å². The molecule has 2 rings (SSSR count). The lowest BCUT2D eigenvalue weighted by Crippen LogP contribution is -2.58. The van der Waals surface area contributed by atoms with Crippen LogP contribution in [0.2, 0.25) is 0 Å². The van der Waals surface area contributed by atoms with Gasteiger partial charge in [-0.3, -0.25) is 24.0 Å². The summed E-state index contributed by atoms with van der Waals surface area (Å²) >= 11 is 1.37. The second kappa shape index (κ2) is 14.7. The number of hydrogen-bond donors (Lipinski definition) is 8. The highest BCUT2D eigenvalue weighted by atomic mass is 32.2. The third-order valence-corrected chi connectivity index (χ3v) is 6.37. The average molecular weight is 565 g/mol. The summed E-state index contributed by atoms with van der Waals surface area (Å²) in [6.07, 6.45) is 2.10. The van der Waals surface area contributed by atoms with E-state index in [0.29, 0.717) is 11.3 Å². The number of fused-ring (bicyclic) bond motifs is 1. The third-order valence-electron chi connectivity index (χ3n) is 5.73. The van der Waals surface area contributed by atoms with E-state index in [1.54, 1.807) is 24.6 Å². The van der Waals surface area contributed by atoms with Gasteiger partial charge in [0.25, 0.3) is 0 Å². The first-order valence-electron chi connectivity index (χ1n) is 11.9. The maximum Gasteiger partial charge on any atom is 0.326 e. The maximum atomic E-state index is 13.0. The first kappa shape index (κ1) is 31.1. The van der Waals surface area contributed by atoms with Crippen molar-refractivity contribution in [1.82, 2.24) is 20.9 Å². The molecular weight excluding hydrogens is 532 g/mol. The molecule has 0 saturated heterocycles. The highest BCUT2D eigenvalue weighted by Crippen LogP contribution is 2.19. The number of carboxylic acids is 2. The van der Waals surface area contributed by atoms with Gasteiger partial charge in [-0.05, 0) is 30.1 Å². The third kappa shape index (κ3) is 9.61. The van der Waals surface area contributed by atoms with Crippen molar-refractivity contribution in [3.8, 4) is 0 Å². The lowest BCUT2D eigenvalue weighted by Gasteiger charge is -2.24. The first-order chi connectivity index (χ1) is 18.4. The molecule has 0 bridgehead atoms. The Bertz CT molecular complexity index is 1220. The standard InChI is InChI=1S/C24H32N6O8S/c1-39-7-6-16(28-21(34)14(25)9-20(32)33)22(35)29-17(10-19(26)31)23(36)30-18(24(37)38)8-12-11-27-15-5-3-2-4-13(12)15/h2-5,11,14,16-18,27H,6-10,25H2,1H3,(H2,26,31)(H,28,34)(H,29,35)(H,30,36)(H,32,33)(H,37,38). The van der Waals surface area contributed by atoms with Crippen molar-refractivity contribution in [3.63, 3.8) is 0 Å². The van der Waals surface area contributed by atoms with Crippen molar-refractivity contribution in [2.24, 2.45) is 11.5 Å². The molecule has 15 heteroatoms. The Hall–Kier alpha value is -4.11. The lowest BCUT2D eigenvalue weighted by molar-refractivity contribution is -0.142. The van der Waals surface area contributed by atoms with Gasteiger partial charge in [-0.25, -0.2) is 4.79 Å². The van der Waals surface area contributed by atoms with Crippen LogP contribution in [-0.4, -0.2) is 86.9 Å². The van der Waals surface area contributed by atoms with E-state index in [4.69, 9.17) is 16.6 Å². The molecule has 0 aliphatic heterocycles. The SMILES string of the molecule is CSCCC(NC(=O)C(N)CC(=O)O)C(=O)NC(CC(N)=O)C(=O)NC(Cc1c[nH]c2ccccc12)C(=O)O. The first-order valence-corrected chi connectivity index (χ1v) is 13.3. The molecule has 4 amide bonds. The van der Waals surface area contributed by atoms with Crippen LogP contribution in [0, 0.1) is 0 Å². The summed E-state index contributed by atoms with van der Waals surface area (Å²) in [6, 6.07) is 1.63. The number of nitrogens with two attached hydrogens (primary N) is 2. The fourth-order valence-electron chi connectivity index (χ4n) is 3.74. The lowest BCUT2D eigenvalue weighted by atomic mass is 10.0. The van der Waals surface area contributed by atoms with E-state index in [2.05, 4.69) is 20.9 Å². The molecule has 1 aromatic carbocycles. The van der Waals surface area contributed by atoms with Crippen molar-refractivity contribution in [2.75, 3.05) is 12.0 Å². The van der Waals surface area contributed by atoms with Gasteiger partial charge < -0.3 is 42.6 Å².